The molecule has 0 N–H and O–H groups in total. The van der Waals surface area contributed by atoms with Gasteiger partial charge in [-0.1, -0.05) is 0 Å². The van der Waals surface area contributed by atoms with Gasteiger partial charge in [-0.05, 0) is 65.2 Å². The van der Waals surface area contributed by atoms with E-state index in [1.807, 2.05) is 0 Å². The molecule has 1 spiro atoms. The molecule has 3 aliphatic heterocycles. The largest absolute Gasteiger partial charge is 0.381 e. The Morgan fingerprint density at radius 2 is 1.81 bits per heavy atom. The third-order valence-electron chi connectivity index (χ3n) is 8.21. The fourth-order valence-corrected chi connectivity index (χ4v) is 6.13. The van der Waals surface area contributed by atoms with E-state index in [4.69, 9.17) is 9.84 Å². The highest BCUT2D eigenvalue weighted by atomic mass is 16.5. The summed E-state index contributed by atoms with van der Waals surface area (Å²) in [6.45, 7) is 14.0. The number of nitrogens with zero attached hydrogens (tertiary/aromatic N) is 5. The highest BCUT2D eigenvalue weighted by Gasteiger charge is 2.53. The maximum Gasteiger partial charge on any atom is 0.320 e. The van der Waals surface area contributed by atoms with Gasteiger partial charge in [0.25, 0.3) is 0 Å². The van der Waals surface area contributed by atoms with E-state index in [-0.39, 0.29) is 5.54 Å². The number of amides is 2. The number of likely N-dealkylation sites (tertiary alicyclic amines) is 1. The second-order valence-corrected chi connectivity index (χ2v) is 10.3. The maximum atomic E-state index is 13.5. The van der Waals surface area contributed by atoms with Crippen LogP contribution in [0.25, 0.3) is 0 Å². The molecule has 5 rings (SSSR count). The van der Waals surface area contributed by atoms with Gasteiger partial charge in [-0.2, -0.15) is 5.10 Å². The van der Waals surface area contributed by atoms with Crippen molar-refractivity contribution in [1.29, 1.82) is 0 Å². The molecular weight excluding hydrogens is 390 g/mol. The fourth-order valence-electron chi connectivity index (χ4n) is 6.13. The SMILES string of the molecule is CCn1nc(C)c(CN2CCC(N3C(=O)N(CC4CC4)CC34CCOCC4)CC2)c1C. The van der Waals surface area contributed by atoms with E-state index in [0.29, 0.717) is 12.1 Å². The van der Waals surface area contributed by atoms with Gasteiger partial charge in [0.05, 0.1) is 11.2 Å². The van der Waals surface area contributed by atoms with E-state index in [1.165, 1.54) is 24.1 Å². The zero-order chi connectivity index (χ0) is 21.6. The second-order valence-electron chi connectivity index (χ2n) is 10.3. The number of rotatable bonds is 6. The Morgan fingerprint density at radius 1 is 1.10 bits per heavy atom. The smallest absolute Gasteiger partial charge is 0.320 e. The molecule has 7 nitrogen and oxygen atoms in total. The van der Waals surface area contributed by atoms with Gasteiger partial charge in [0.2, 0.25) is 0 Å². The lowest BCUT2D eigenvalue weighted by Crippen LogP contribution is -2.57. The summed E-state index contributed by atoms with van der Waals surface area (Å²) in [6, 6.07) is 0.676. The average molecular weight is 430 g/mol. The van der Waals surface area contributed by atoms with E-state index in [1.54, 1.807) is 0 Å². The van der Waals surface area contributed by atoms with Crippen LogP contribution in [-0.2, 0) is 17.8 Å². The predicted octanol–water partition coefficient (Wildman–Crippen LogP) is 3.18. The summed E-state index contributed by atoms with van der Waals surface area (Å²) in [4.78, 5) is 20.6. The predicted molar refractivity (Wildman–Crippen MR) is 120 cm³/mol. The first-order chi connectivity index (χ1) is 15.0. The summed E-state index contributed by atoms with van der Waals surface area (Å²) in [5, 5.41) is 4.70. The van der Waals surface area contributed by atoms with Gasteiger partial charge in [-0.3, -0.25) is 9.58 Å². The van der Waals surface area contributed by atoms with Crippen molar-refractivity contribution in [3.8, 4) is 0 Å². The minimum absolute atomic E-state index is 0.00645. The molecule has 0 atom stereocenters. The van der Waals surface area contributed by atoms with Gasteiger partial charge in [0.1, 0.15) is 0 Å². The Balaban J connectivity index is 1.26. The zero-order valence-electron chi connectivity index (χ0n) is 19.6. The van der Waals surface area contributed by atoms with Gasteiger partial charge in [-0.15, -0.1) is 0 Å². The summed E-state index contributed by atoms with van der Waals surface area (Å²) >= 11 is 0. The first-order valence-corrected chi connectivity index (χ1v) is 12.4. The zero-order valence-corrected chi connectivity index (χ0v) is 19.6. The summed E-state index contributed by atoms with van der Waals surface area (Å²) in [5.41, 5.74) is 3.85. The van der Waals surface area contributed by atoms with E-state index in [9.17, 15) is 4.79 Å². The molecule has 1 saturated carbocycles. The Kier molecular flexibility index (Phi) is 5.76. The quantitative estimate of drug-likeness (QED) is 0.697. The van der Waals surface area contributed by atoms with E-state index in [2.05, 4.69) is 40.2 Å². The number of ether oxygens (including phenoxy) is 1. The summed E-state index contributed by atoms with van der Waals surface area (Å²) in [7, 11) is 0. The number of aryl methyl sites for hydroxylation is 2. The molecule has 0 radical (unpaired) electrons. The van der Waals surface area contributed by atoms with Crippen molar-refractivity contribution in [3.05, 3.63) is 17.0 Å². The Morgan fingerprint density at radius 3 is 2.42 bits per heavy atom. The van der Waals surface area contributed by atoms with Crippen molar-refractivity contribution >= 4 is 6.03 Å². The van der Waals surface area contributed by atoms with Crippen LogP contribution in [0.4, 0.5) is 4.79 Å². The van der Waals surface area contributed by atoms with Crippen LogP contribution in [0.1, 0.15) is 62.4 Å². The van der Waals surface area contributed by atoms with Gasteiger partial charge < -0.3 is 14.5 Å². The summed E-state index contributed by atoms with van der Waals surface area (Å²) in [5.74, 6) is 0.748. The molecule has 1 aliphatic carbocycles. The van der Waals surface area contributed by atoms with Gasteiger partial charge in [0.15, 0.2) is 0 Å². The number of aromatic nitrogens is 2. The minimum atomic E-state index is 0.00645. The van der Waals surface area contributed by atoms with E-state index >= 15 is 0 Å². The fraction of sp³-hybridized carbons (Fsp3) is 0.833. The van der Waals surface area contributed by atoms with Crippen molar-refractivity contribution in [3.63, 3.8) is 0 Å². The van der Waals surface area contributed by atoms with Crippen molar-refractivity contribution in [2.45, 2.75) is 84.0 Å². The van der Waals surface area contributed by atoms with Gasteiger partial charge in [-0.25, -0.2) is 4.79 Å². The number of hydrogen-bond donors (Lipinski definition) is 0. The Labute approximate surface area is 186 Å². The number of piperidine rings is 1. The van der Waals surface area contributed by atoms with E-state index in [0.717, 1.165) is 89.8 Å². The number of hydrogen-bond acceptors (Lipinski definition) is 4. The van der Waals surface area contributed by atoms with Crippen LogP contribution < -0.4 is 0 Å². The molecule has 172 valence electrons. The normalized spacial score (nSPS) is 25.2. The third kappa shape index (κ3) is 3.99. The molecule has 3 saturated heterocycles. The molecule has 7 heteroatoms. The average Bonchev–Trinajstić information content (AvgIpc) is 3.50. The number of carbonyl (C=O) groups excluding carboxylic acids is 1. The first kappa shape index (κ1) is 21.3. The summed E-state index contributed by atoms with van der Waals surface area (Å²) in [6.07, 6.45) is 6.73. The molecule has 4 fully saturated rings. The molecule has 4 aliphatic rings. The summed E-state index contributed by atoms with van der Waals surface area (Å²) < 4.78 is 7.81. The van der Waals surface area contributed by atoms with Crippen molar-refractivity contribution in [1.82, 2.24) is 24.5 Å². The van der Waals surface area contributed by atoms with Gasteiger partial charge in [0, 0.05) is 69.8 Å². The van der Waals surface area contributed by atoms with Crippen molar-refractivity contribution in [2.24, 2.45) is 5.92 Å². The molecule has 0 bridgehead atoms. The third-order valence-corrected chi connectivity index (χ3v) is 8.21. The minimum Gasteiger partial charge on any atom is -0.381 e. The Hall–Kier alpha value is -1.60. The van der Waals surface area contributed by atoms with Crippen LogP contribution in [0.3, 0.4) is 0 Å². The molecule has 0 unspecified atom stereocenters. The molecule has 0 aromatic carbocycles. The lowest BCUT2D eigenvalue weighted by Gasteiger charge is -2.46. The monoisotopic (exact) mass is 429 g/mol. The molecule has 4 heterocycles. The van der Waals surface area contributed by atoms with Crippen LogP contribution in [0, 0.1) is 19.8 Å². The highest BCUT2D eigenvalue weighted by molar-refractivity contribution is 5.78. The molecule has 1 aromatic rings. The van der Waals surface area contributed by atoms with Crippen LogP contribution in [-0.4, -0.2) is 81.5 Å². The van der Waals surface area contributed by atoms with Crippen molar-refractivity contribution < 1.29 is 9.53 Å². The van der Waals surface area contributed by atoms with Gasteiger partial charge >= 0.3 is 6.03 Å². The van der Waals surface area contributed by atoms with Crippen LogP contribution in [0.15, 0.2) is 0 Å². The molecule has 2 amide bonds. The van der Waals surface area contributed by atoms with E-state index < -0.39 is 0 Å². The van der Waals surface area contributed by atoms with Crippen LogP contribution >= 0.6 is 0 Å². The molecule has 31 heavy (non-hydrogen) atoms. The second kappa shape index (κ2) is 8.39. The number of carbonyl (C=O) groups is 1. The standard InChI is InChI=1S/C24H39N5O2/c1-4-28-19(3)22(18(2)25-28)16-26-11-7-21(8-12-26)29-23(30)27(15-20-5-6-20)17-24(29)9-13-31-14-10-24/h20-21H,4-17H2,1-3H3. The topological polar surface area (TPSA) is 53.8 Å². The van der Waals surface area contributed by atoms with Crippen molar-refractivity contribution in [2.75, 3.05) is 39.4 Å². The molecular formula is C24H39N5O2. The Bertz CT molecular complexity index is 803. The molecule has 1 aromatic heterocycles. The van der Waals surface area contributed by atoms with Crippen LogP contribution in [0.2, 0.25) is 0 Å². The lowest BCUT2D eigenvalue weighted by atomic mass is 9.86. The maximum absolute atomic E-state index is 13.5. The number of urea groups is 1. The lowest BCUT2D eigenvalue weighted by molar-refractivity contribution is -0.0167. The first-order valence-electron chi connectivity index (χ1n) is 12.4. The van der Waals surface area contributed by atoms with Crippen LogP contribution in [0.5, 0.6) is 0 Å². The highest BCUT2D eigenvalue weighted by Crippen LogP contribution is 2.41.